The molecule has 3 rings (SSSR count). The van der Waals surface area contributed by atoms with Crippen LogP contribution in [0.3, 0.4) is 0 Å². The number of aryl methyl sites for hydroxylation is 2. The predicted molar refractivity (Wildman–Crippen MR) is 85.0 cm³/mol. The molecule has 0 saturated carbocycles. The van der Waals surface area contributed by atoms with Crippen molar-refractivity contribution in [1.82, 2.24) is 9.97 Å². The Hall–Kier alpha value is -2.33. The van der Waals surface area contributed by atoms with E-state index in [0.717, 1.165) is 16.6 Å². The van der Waals surface area contributed by atoms with Crippen molar-refractivity contribution in [2.75, 3.05) is 5.32 Å². The molecule has 0 atom stereocenters. The minimum atomic E-state index is -0.136. The predicted octanol–water partition coefficient (Wildman–Crippen LogP) is 4.09. The van der Waals surface area contributed by atoms with Gasteiger partial charge < -0.3 is 10.3 Å². The lowest BCUT2D eigenvalue weighted by Crippen LogP contribution is -2.12. The van der Waals surface area contributed by atoms with E-state index < -0.39 is 0 Å². The number of carbonyl (C=O) groups excluding carboxylic acids is 1. The van der Waals surface area contributed by atoms with Crippen molar-refractivity contribution in [3.05, 3.63) is 58.4 Å². The Labute approximate surface area is 127 Å². The molecule has 5 heteroatoms. The molecule has 0 spiro atoms. The first-order valence-corrected chi connectivity index (χ1v) is 6.94. The summed E-state index contributed by atoms with van der Waals surface area (Å²) in [5.41, 5.74) is 5.16. The average Bonchev–Trinajstić information content (AvgIpc) is 2.81. The van der Waals surface area contributed by atoms with Gasteiger partial charge in [-0.3, -0.25) is 4.79 Å². The topological polar surface area (TPSA) is 57.8 Å². The molecule has 0 bridgehead atoms. The van der Waals surface area contributed by atoms with Crippen LogP contribution in [-0.2, 0) is 0 Å². The molecule has 0 aliphatic heterocycles. The molecule has 1 aromatic heterocycles. The number of fused-ring (bicyclic) bond motifs is 1. The Morgan fingerprint density at radius 2 is 1.95 bits per heavy atom. The van der Waals surface area contributed by atoms with Crippen molar-refractivity contribution in [1.29, 1.82) is 0 Å². The van der Waals surface area contributed by atoms with Gasteiger partial charge in [0.05, 0.1) is 11.0 Å². The highest BCUT2D eigenvalue weighted by molar-refractivity contribution is 6.29. The number of carbonyl (C=O) groups is 1. The Bertz CT molecular complexity index is 839. The van der Waals surface area contributed by atoms with E-state index in [9.17, 15) is 4.79 Å². The number of anilines is 1. The lowest BCUT2D eigenvalue weighted by Gasteiger charge is -2.07. The van der Waals surface area contributed by atoms with Crippen LogP contribution >= 0.6 is 11.6 Å². The molecule has 1 heterocycles. The first-order valence-electron chi connectivity index (χ1n) is 6.57. The molecular weight excluding hydrogens is 286 g/mol. The number of nitrogens with zero attached hydrogens (tertiary/aromatic N) is 1. The maximum absolute atomic E-state index is 12.3. The number of imidazole rings is 1. The van der Waals surface area contributed by atoms with Gasteiger partial charge in [-0.2, -0.15) is 0 Å². The van der Waals surface area contributed by atoms with E-state index in [1.165, 1.54) is 5.56 Å². The van der Waals surface area contributed by atoms with Crippen molar-refractivity contribution in [3.8, 4) is 0 Å². The second-order valence-corrected chi connectivity index (χ2v) is 5.37. The number of aromatic amines is 1. The van der Waals surface area contributed by atoms with Crippen LogP contribution < -0.4 is 5.32 Å². The quantitative estimate of drug-likeness (QED) is 0.749. The van der Waals surface area contributed by atoms with Crippen LogP contribution in [0.4, 0.5) is 5.69 Å². The number of rotatable bonds is 2. The number of hydrogen-bond donors (Lipinski definition) is 2. The highest BCUT2D eigenvalue weighted by atomic mass is 35.5. The molecule has 0 radical (unpaired) electrons. The van der Waals surface area contributed by atoms with E-state index >= 15 is 0 Å². The van der Waals surface area contributed by atoms with E-state index in [1.54, 1.807) is 6.07 Å². The van der Waals surface area contributed by atoms with Gasteiger partial charge in [0.15, 0.2) is 0 Å². The third-order valence-corrected chi connectivity index (χ3v) is 3.66. The van der Waals surface area contributed by atoms with Gasteiger partial charge in [0.2, 0.25) is 5.28 Å². The molecule has 2 N–H and O–H groups in total. The molecule has 0 fully saturated rings. The van der Waals surface area contributed by atoms with Gasteiger partial charge >= 0.3 is 0 Å². The largest absolute Gasteiger partial charge is 0.329 e. The van der Waals surface area contributed by atoms with Gasteiger partial charge in [0, 0.05) is 11.3 Å². The van der Waals surface area contributed by atoms with E-state index in [2.05, 4.69) is 15.3 Å². The van der Waals surface area contributed by atoms with Crippen molar-refractivity contribution in [2.45, 2.75) is 13.8 Å². The average molecular weight is 300 g/mol. The molecule has 0 aliphatic carbocycles. The number of benzene rings is 2. The molecule has 4 nitrogen and oxygen atoms in total. The normalized spacial score (nSPS) is 10.8. The van der Waals surface area contributed by atoms with Crippen LogP contribution in [0.5, 0.6) is 0 Å². The fourth-order valence-corrected chi connectivity index (χ4v) is 2.34. The van der Waals surface area contributed by atoms with Gasteiger partial charge in [0.25, 0.3) is 5.91 Å². The number of aromatic nitrogens is 2. The molecule has 106 valence electrons. The van der Waals surface area contributed by atoms with Crippen LogP contribution in [0.15, 0.2) is 36.4 Å². The monoisotopic (exact) mass is 299 g/mol. The highest BCUT2D eigenvalue weighted by Crippen LogP contribution is 2.20. The molecule has 1 amide bonds. The van der Waals surface area contributed by atoms with Gasteiger partial charge in [-0.1, -0.05) is 6.07 Å². The molecule has 0 aliphatic rings. The lowest BCUT2D eigenvalue weighted by molar-refractivity contribution is 0.102. The maximum Gasteiger partial charge on any atom is 0.255 e. The van der Waals surface area contributed by atoms with Crippen molar-refractivity contribution >= 4 is 34.2 Å². The lowest BCUT2D eigenvalue weighted by atomic mass is 10.1. The third-order valence-electron chi connectivity index (χ3n) is 3.48. The molecule has 3 aromatic rings. The first kappa shape index (κ1) is 13.6. The van der Waals surface area contributed by atoms with Gasteiger partial charge in [0.1, 0.15) is 0 Å². The fraction of sp³-hybridized carbons (Fsp3) is 0.125. The zero-order valence-electron chi connectivity index (χ0n) is 11.7. The van der Waals surface area contributed by atoms with E-state index in [0.29, 0.717) is 16.5 Å². The minimum absolute atomic E-state index is 0.136. The van der Waals surface area contributed by atoms with Crippen molar-refractivity contribution in [2.24, 2.45) is 0 Å². The number of halogens is 1. The number of H-pyrrole nitrogens is 1. The van der Waals surface area contributed by atoms with E-state index in [-0.39, 0.29) is 5.91 Å². The number of nitrogens with one attached hydrogen (secondary N) is 2. The zero-order valence-corrected chi connectivity index (χ0v) is 12.5. The van der Waals surface area contributed by atoms with Crippen LogP contribution in [0.25, 0.3) is 11.0 Å². The van der Waals surface area contributed by atoms with Gasteiger partial charge in [-0.05, 0) is 66.9 Å². The van der Waals surface area contributed by atoms with Crippen molar-refractivity contribution < 1.29 is 4.79 Å². The summed E-state index contributed by atoms with van der Waals surface area (Å²) < 4.78 is 0. The summed E-state index contributed by atoms with van der Waals surface area (Å²) in [5, 5.41) is 3.21. The SMILES string of the molecule is Cc1ccc(C(=O)Nc2ccc3nc(Cl)[nH]c3c2)cc1C. The molecule has 2 aromatic carbocycles. The van der Waals surface area contributed by atoms with Crippen LogP contribution in [0.1, 0.15) is 21.5 Å². The second kappa shape index (κ2) is 5.22. The summed E-state index contributed by atoms with van der Waals surface area (Å²) in [6.45, 7) is 4.01. The Morgan fingerprint density at radius 3 is 2.71 bits per heavy atom. The standard InChI is InChI=1S/C16H14ClN3O/c1-9-3-4-11(7-10(9)2)15(21)18-12-5-6-13-14(8-12)20-16(17)19-13/h3-8H,1-2H3,(H,18,21)(H,19,20). The number of hydrogen-bond acceptors (Lipinski definition) is 2. The van der Waals surface area contributed by atoms with Crippen molar-refractivity contribution in [3.63, 3.8) is 0 Å². The fourth-order valence-electron chi connectivity index (χ4n) is 2.14. The summed E-state index contributed by atoms with van der Waals surface area (Å²) in [7, 11) is 0. The highest BCUT2D eigenvalue weighted by Gasteiger charge is 2.08. The molecule has 0 unspecified atom stereocenters. The van der Waals surface area contributed by atoms with Crippen LogP contribution in [-0.4, -0.2) is 15.9 Å². The van der Waals surface area contributed by atoms with Gasteiger partial charge in [-0.25, -0.2) is 4.98 Å². The van der Waals surface area contributed by atoms with Crippen LogP contribution in [0.2, 0.25) is 5.28 Å². The number of amides is 1. The smallest absolute Gasteiger partial charge is 0.255 e. The van der Waals surface area contributed by atoms with E-state index in [4.69, 9.17) is 11.6 Å². The summed E-state index contributed by atoms with van der Waals surface area (Å²) in [5.74, 6) is -0.136. The minimum Gasteiger partial charge on any atom is -0.329 e. The van der Waals surface area contributed by atoms with Gasteiger partial charge in [-0.15, -0.1) is 0 Å². The Kier molecular flexibility index (Phi) is 3.39. The van der Waals surface area contributed by atoms with E-state index in [1.807, 2.05) is 44.2 Å². The summed E-state index contributed by atoms with van der Waals surface area (Å²) in [6, 6.07) is 11.1. The summed E-state index contributed by atoms with van der Waals surface area (Å²) in [4.78, 5) is 19.3. The summed E-state index contributed by atoms with van der Waals surface area (Å²) in [6.07, 6.45) is 0. The Morgan fingerprint density at radius 1 is 1.14 bits per heavy atom. The van der Waals surface area contributed by atoms with Crippen LogP contribution in [0, 0.1) is 13.8 Å². The zero-order chi connectivity index (χ0) is 15.0. The third kappa shape index (κ3) is 2.76. The molecule has 0 saturated heterocycles. The second-order valence-electron chi connectivity index (χ2n) is 5.01. The molecule has 21 heavy (non-hydrogen) atoms. The summed E-state index contributed by atoms with van der Waals surface area (Å²) >= 11 is 5.82. The maximum atomic E-state index is 12.3. The first-order chi connectivity index (χ1) is 10.0. The molecular formula is C16H14ClN3O. The Balaban J connectivity index is 1.86.